The molecule has 1 aliphatic heterocycles. The Balaban J connectivity index is 2.49. The van der Waals surface area contributed by atoms with Crippen LogP contribution in [0.5, 0.6) is 0 Å². The third-order valence-corrected chi connectivity index (χ3v) is 3.82. The Morgan fingerprint density at radius 2 is 2.06 bits per heavy atom. The molecular weight excluding hydrogens is 226 g/mol. The number of hydrogen-bond acceptors (Lipinski definition) is 3. The average Bonchev–Trinajstić information content (AvgIpc) is 2.63. The molecule has 1 rings (SSSR count). The van der Waals surface area contributed by atoms with Gasteiger partial charge in [0.15, 0.2) is 0 Å². The van der Waals surface area contributed by atoms with Gasteiger partial charge in [0.2, 0.25) is 5.91 Å². The van der Waals surface area contributed by atoms with E-state index in [9.17, 15) is 4.79 Å². The Kier molecular flexibility index (Phi) is 5.17. The molecular formula is C14H29N3O. The minimum absolute atomic E-state index is 0.233. The lowest BCUT2D eigenvalue weighted by atomic mass is 9.80. The first-order valence-corrected chi connectivity index (χ1v) is 6.98. The fourth-order valence-electron chi connectivity index (χ4n) is 2.59. The molecule has 4 heteroatoms. The first kappa shape index (κ1) is 15.4. The van der Waals surface area contributed by atoms with Crippen LogP contribution in [-0.4, -0.2) is 42.5 Å². The Hall–Kier alpha value is -0.610. The summed E-state index contributed by atoms with van der Waals surface area (Å²) in [6.07, 6.45) is 1.22. The van der Waals surface area contributed by atoms with Gasteiger partial charge in [-0.25, -0.2) is 0 Å². The molecule has 4 nitrogen and oxygen atoms in total. The van der Waals surface area contributed by atoms with Gasteiger partial charge in [0.25, 0.3) is 0 Å². The molecule has 0 aromatic carbocycles. The molecule has 1 fully saturated rings. The molecule has 0 saturated carbocycles. The number of rotatable bonds is 5. The monoisotopic (exact) mass is 255 g/mol. The van der Waals surface area contributed by atoms with Crippen molar-refractivity contribution in [2.75, 3.05) is 19.6 Å². The van der Waals surface area contributed by atoms with Crippen molar-refractivity contribution in [3.05, 3.63) is 0 Å². The van der Waals surface area contributed by atoms with E-state index in [-0.39, 0.29) is 18.0 Å². The second kappa shape index (κ2) is 6.02. The Morgan fingerprint density at radius 1 is 1.44 bits per heavy atom. The van der Waals surface area contributed by atoms with Crippen molar-refractivity contribution in [3.8, 4) is 0 Å². The van der Waals surface area contributed by atoms with Gasteiger partial charge >= 0.3 is 0 Å². The van der Waals surface area contributed by atoms with Crippen LogP contribution in [0.2, 0.25) is 0 Å². The number of nitrogens with two attached hydrogens (primary N) is 1. The van der Waals surface area contributed by atoms with Crippen LogP contribution in [0, 0.1) is 11.3 Å². The molecule has 2 atom stereocenters. The minimum Gasteiger partial charge on any atom is -0.368 e. The minimum atomic E-state index is -0.247. The molecule has 3 N–H and O–H groups in total. The van der Waals surface area contributed by atoms with Crippen LogP contribution in [0.25, 0.3) is 0 Å². The molecule has 2 unspecified atom stereocenters. The van der Waals surface area contributed by atoms with Crippen LogP contribution in [0.1, 0.15) is 41.0 Å². The number of amides is 1. The maximum absolute atomic E-state index is 11.4. The summed E-state index contributed by atoms with van der Waals surface area (Å²) in [6, 6.07) is 0.0484. The second-order valence-electron chi connectivity index (χ2n) is 6.89. The maximum atomic E-state index is 11.4. The van der Waals surface area contributed by atoms with Crippen LogP contribution >= 0.6 is 0 Å². The molecule has 1 aliphatic rings. The van der Waals surface area contributed by atoms with E-state index in [0.717, 1.165) is 19.6 Å². The molecule has 1 saturated heterocycles. The van der Waals surface area contributed by atoms with Crippen LogP contribution < -0.4 is 11.1 Å². The van der Waals surface area contributed by atoms with E-state index in [1.54, 1.807) is 0 Å². The summed E-state index contributed by atoms with van der Waals surface area (Å²) >= 11 is 0. The third-order valence-electron chi connectivity index (χ3n) is 3.82. The Bertz CT molecular complexity index is 283. The van der Waals surface area contributed by atoms with E-state index >= 15 is 0 Å². The van der Waals surface area contributed by atoms with Gasteiger partial charge in [0, 0.05) is 19.1 Å². The van der Waals surface area contributed by atoms with Gasteiger partial charge in [-0.3, -0.25) is 4.79 Å². The van der Waals surface area contributed by atoms with E-state index in [4.69, 9.17) is 5.73 Å². The van der Waals surface area contributed by atoms with Crippen molar-refractivity contribution in [1.29, 1.82) is 0 Å². The smallest absolute Gasteiger partial charge is 0.235 e. The average molecular weight is 255 g/mol. The summed E-state index contributed by atoms with van der Waals surface area (Å²) in [5.41, 5.74) is 5.81. The SMILES string of the molecule is CC(C)NC(CN1CCC(C(C)(C)C)C1)C(N)=O. The normalized spacial score (nSPS) is 23.6. The number of carbonyl (C=O) groups is 1. The molecule has 0 aliphatic carbocycles. The summed E-state index contributed by atoms with van der Waals surface area (Å²) in [5, 5.41) is 3.24. The molecule has 0 radical (unpaired) electrons. The van der Waals surface area contributed by atoms with Gasteiger partial charge in [-0.05, 0) is 24.3 Å². The van der Waals surface area contributed by atoms with Crippen LogP contribution in [-0.2, 0) is 4.79 Å². The highest BCUT2D eigenvalue weighted by atomic mass is 16.1. The largest absolute Gasteiger partial charge is 0.368 e. The van der Waals surface area contributed by atoms with Gasteiger partial charge in [0.05, 0.1) is 6.04 Å². The lowest BCUT2D eigenvalue weighted by Crippen LogP contribution is -2.51. The van der Waals surface area contributed by atoms with E-state index in [2.05, 4.69) is 31.0 Å². The van der Waals surface area contributed by atoms with Crippen LogP contribution in [0.3, 0.4) is 0 Å². The van der Waals surface area contributed by atoms with Crippen molar-refractivity contribution >= 4 is 5.91 Å². The summed E-state index contributed by atoms with van der Waals surface area (Å²) < 4.78 is 0. The van der Waals surface area contributed by atoms with Crippen molar-refractivity contribution in [3.63, 3.8) is 0 Å². The lowest BCUT2D eigenvalue weighted by Gasteiger charge is -2.28. The van der Waals surface area contributed by atoms with Crippen LogP contribution in [0.15, 0.2) is 0 Å². The molecule has 0 spiro atoms. The fraction of sp³-hybridized carbons (Fsp3) is 0.929. The van der Waals surface area contributed by atoms with Gasteiger partial charge in [0.1, 0.15) is 0 Å². The molecule has 106 valence electrons. The zero-order valence-corrected chi connectivity index (χ0v) is 12.5. The maximum Gasteiger partial charge on any atom is 0.235 e. The predicted octanol–water partition coefficient (Wildman–Crippen LogP) is 1.21. The second-order valence-corrected chi connectivity index (χ2v) is 6.89. The first-order valence-electron chi connectivity index (χ1n) is 6.98. The topological polar surface area (TPSA) is 58.4 Å². The highest BCUT2D eigenvalue weighted by Crippen LogP contribution is 2.33. The van der Waals surface area contributed by atoms with Crippen molar-refractivity contribution in [2.45, 2.75) is 53.1 Å². The third kappa shape index (κ3) is 4.58. The van der Waals surface area contributed by atoms with E-state index in [1.807, 2.05) is 13.8 Å². The fourth-order valence-corrected chi connectivity index (χ4v) is 2.59. The van der Waals surface area contributed by atoms with Gasteiger partial charge in [-0.1, -0.05) is 34.6 Å². The van der Waals surface area contributed by atoms with E-state index < -0.39 is 0 Å². The molecule has 0 aromatic rings. The molecule has 0 bridgehead atoms. The van der Waals surface area contributed by atoms with Crippen LogP contribution in [0.4, 0.5) is 0 Å². The molecule has 18 heavy (non-hydrogen) atoms. The number of nitrogens with one attached hydrogen (secondary N) is 1. The summed E-state index contributed by atoms with van der Waals surface area (Å²) in [7, 11) is 0. The zero-order chi connectivity index (χ0) is 13.9. The predicted molar refractivity (Wildman–Crippen MR) is 75.3 cm³/mol. The first-order chi connectivity index (χ1) is 8.20. The number of carbonyl (C=O) groups excluding carboxylic acids is 1. The molecule has 0 aromatic heterocycles. The standard InChI is InChI=1S/C14H29N3O/c1-10(2)16-12(13(15)18)9-17-7-6-11(8-17)14(3,4)5/h10-12,16H,6-9H2,1-5H3,(H2,15,18). The highest BCUT2D eigenvalue weighted by molar-refractivity contribution is 5.80. The van der Waals surface area contributed by atoms with E-state index in [1.165, 1.54) is 6.42 Å². The molecule has 1 amide bonds. The van der Waals surface area contributed by atoms with Gasteiger partial charge < -0.3 is 16.0 Å². The lowest BCUT2D eigenvalue weighted by molar-refractivity contribution is -0.120. The van der Waals surface area contributed by atoms with Gasteiger partial charge in [-0.15, -0.1) is 0 Å². The summed E-state index contributed by atoms with van der Waals surface area (Å²) in [5.74, 6) is 0.466. The number of nitrogens with zero attached hydrogens (tertiary/aromatic N) is 1. The summed E-state index contributed by atoms with van der Waals surface area (Å²) in [6.45, 7) is 13.8. The quantitative estimate of drug-likeness (QED) is 0.776. The van der Waals surface area contributed by atoms with Crippen molar-refractivity contribution in [1.82, 2.24) is 10.2 Å². The van der Waals surface area contributed by atoms with Crippen molar-refractivity contribution in [2.24, 2.45) is 17.1 Å². The van der Waals surface area contributed by atoms with E-state index in [0.29, 0.717) is 11.3 Å². The highest BCUT2D eigenvalue weighted by Gasteiger charge is 2.33. The Labute approximate surface area is 111 Å². The number of likely N-dealkylation sites (tertiary alicyclic amines) is 1. The molecule has 1 heterocycles. The zero-order valence-electron chi connectivity index (χ0n) is 12.5. The summed E-state index contributed by atoms with van der Waals surface area (Å²) in [4.78, 5) is 13.8. The number of hydrogen-bond donors (Lipinski definition) is 2. The van der Waals surface area contributed by atoms with Crippen molar-refractivity contribution < 1.29 is 4.79 Å². The number of primary amides is 1. The van der Waals surface area contributed by atoms with Gasteiger partial charge in [-0.2, -0.15) is 0 Å². The Morgan fingerprint density at radius 3 is 2.44 bits per heavy atom.